The van der Waals surface area contributed by atoms with Crippen LogP contribution in [0.4, 0.5) is 0 Å². The predicted octanol–water partition coefficient (Wildman–Crippen LogP) is 3.42. The summed E-state index contributed by atoms with van der Waals surface area (Å²) in [5.41, 5.74) is 1.03. The Kier molecular flexibility index (Phi) is 5.39. The van der Waals surface area contributed by atoms with Crippen LogP contribution in [-0.4, -0.2) is 32.6 Å². The summed E-state index contributed by atoms with van der Waals surface area (Å²) in [6.07, 6.45) is 0. The van der Waals surface area contributed by atoms with E-state index in [1.165, 1.54) is 20.3 Å². The molecule has 0 saturated heterocycles. The van der Waals surface area contributed by atoms with Crippen molar-refractivity contribution in [1.82, 2.24) is 0 Å². The first-order valence-electron chi connectivity index (χ1n) is 6.95. The summed E-state index contributed by atoms with van der Waals surface area (Å²) >= 11 is 1.58. The van der Waals surface area contributed by atoms with E-state index >= 15 is 0 Å². The Morgan fingerprint density at radius 3 is 2.39 bits per heavy atom. The molecule has 2 rings (SSSR count). The molecule has 2 aromatic rings. The lowest BCUT2D eigenvalue weighted by molar-refractivity contribution is 0.0600. The van der Waals surface area contributed by atoms with Gasteiger partial charge < -0.3 is 14.2 Å². The summed E-state index contributed by atoms with van der Waals surface area (Å²) in [6.45, 7) is 3.78. The summed E-state index contributed by atoms with van der Waals surface area (Å²) in [4.78, 5) is 25.8. The van der Waals surface area contributed by atoms with Crippen LogP contribution in [0.1, 0.15) is 30.5 Å². The van der Waals surface area contributed by atoms with Gasteiger partial charge in [-0.25, -0.2) is 4.79 Å². The van der Waals surface area contributed by atoms with Crippen LogP contribution in [0.2, 0.25) is 0 Å². The molecule has 0 aliphatic heterocycles. The van der Waals surface area contributed by atoms with Crippen molar-refractivity contribution < 1.29 is 23.8 Å². The van der Waals surface area contributed by atoms with Crippen molar-refractivity contribution in [2.24, 2.45) is 0 Å². The smallest absolute Gasteiger partial charge is 0.337 e. The average Bonchev–Trinajstić information content (AvgIpc) is 2.90. The topological polar surface area (TPSA) is 61.8 Å². The molecule has 0 unspecified atom stereocenters. The quantitative estimate of drug-likeness (QED) is 0.598. The highest BCUT2D eigenvalue weighted by Gasteiger charge is 2.15. The number of hydrogen-bond acceptors (Lipinski definition) is 6. The van der Waals surface area contributed by atoms with Gasteiger partial charge in [0.2, 0.25) is 5.78 Å². The molecule has 0 fully saturated rings. The van der Waals surface area contributed by atoms with Crippen molar-refractivity contribution in [1.29, 1.82) is 0 Å². The van der Waals surface area contributed by atoms with E-state index in [2.05, 4.69) is 4.74 Å². The molecule has 23 heavy (non-hydrogen) atoms. The molecule has 1 aromatic carbocycles. The Morgan fingerprint density at radius 1 is 1.09 bits per heavy atom. The lowest BCUT2D eigenvalue weighted by Gasteiger charge is -2.11. The van der Waals surface area contributed by atoms with Gasteiger partial charge in [-0.15, -0.1) is 11.3 Å². The van der Waals surface area contributed by atoms with Crippen LogP contribution in [0.5, 0.6) is 11.5 Å². The van der Waals surface area contributed by atoms with E-state index in [4.69, 9.17) is 9.47 Å². The number of hydrogen-bond donors (Lipinski definition) is 0. The minimum atomic E-state index is -0.463. The van der Waals surface area contributed by atoms with E-state index in [9.17, 15) is 9.59 Å². The number of Topliss-reactive ketones (excluding diaryl/α,β-unsaturated/α-hetero) is 1. The van der Waals surface area contributed by atoms with Gasteiger partial charge in [-0.1, -0.05) is 0 Å². The van der Waals surface area contributed by atoms with E-state index in [0.29, 0.717) is 22.6 Å². The minimum absolute atomic E-state index is 0.0917. The van der Waals surface area contributed by atoms with Gasteiger partial charge in [-0.2, -0.15) is 0 Å². The number of carbonyl (C=O) groups excluding carboxylic acids is 2. The second-order valence-corrected chi connectivity index (χ2v) is 6.36. The number of benzene rings is 1. The third kappa shape index (κ3) is 3.90. The number of rotatable bonds is 6. The molecule has 0 amide bonds. The molecular weight excluding hydrogens is 316 g/mol. The number of methoxy groups -OCH3 is 2. The third-order valence-electron chi connectivity index (χ3n) is 3.28. The van der Waals surface area contributed by atoms with Gasteiger partial charge in [-0.05, 0) is 38.1 Å². The molecule has 0 saturated carbocycles. The predicted molar refractivity (Wildman–Crippen MR) is 88.0 cm³/mol. The summed E-state index contributed by atoms with van der Waals surface area (Å²) in [5.74, 6) is 0.221. The van der Waals surface area contributed by atoms with Crippen LogP contribution in [0.3, 0.4) is 0 Å². The largest absolute Gasteiger partial charge is 0.493 e. The first-order chi connectivity index (χ1) is 11.0. The molecule has 0 bridgehead atoms. The van der Waals surface area contributed by atoms with Crippen molar-refractivity contribution >= 4 is 23.1 Å². The molecule has 5 nitrogen and oxygen atoms in total. The van der Waals surface area contributed by atoms with Crippen LogP contribution >= 0.6 is 11.3 Å². The standard InChI is InChI=1S/C17H18O5S/c1-10-7-13(11(2)23-10)14(18)9-22-15-6-5-12(17(19)21-4)8-16(15)20-3/h5-8H,9H2,1-4H3. The van der Waals surface area contributed by atoms with E-state index in [1.54, 1.807) is 23.5 Å². The van der Waals surface area contributed by atoms with Gasteiger partial charge in [-0.3, -0.25) is 4.79 Å². The van der Waals surface area contributed by atoms with Gasteiger partial charge in [0.25, 0.3) is 0 Å². The second-order valence-electron chi connectivity index (χ2n) is 4.90. The second kappa shape index (κ2) is 7.28. The molecule has 6 heteroatoms. The van der Waals surface area contributed by atoms with Gasteiger partial charge in [0.05, 0.1) is 19.8 Å². The maximum Gasteiger partial charge on any atom is 0.337 e. The molecule has 0 aliphatic rings. The van der Waals surface area contributed by atoms with Gasteiger partial charge in [0, 0.05) is 15.3 Å². The number of ether oxygens (including phenoxy) is 3. The Labute approximate surface area is 138 Å². The summed E-state index contributed by atoms with van der Waals surface area (Å²) < 4.78 is 15.4. The summed E-state index contributed by atoms with van der Waals surface area (Å²) in [7, 11) is 2.78. The molecule has 1 heterocycles. The highest BCUT2D eigenvalue weighted by atomic mass is 32.1. The Morgan fingerprint density at radius 2 is 1.83 bits per heavy atom. The van der Waals surface area contributed by atoms with E-state index < -0.39 is 5.97 Å². The lowest BCUT2D eigenvalue weighted by atomic mass is 10.1. The summed E-state index contributed by atoms with van der Waals surface area (Å²) in [6, 6.07) is 6.53. The fourth-order valence-electron chi connectivity index (χ4n) is 2.16. The zero-order chi connectivity index (χ0) is 17.0. The van der Waals surface area contributed by atoms with Crippen LogP contribution in [0.15, 0.2) is 24.3 Å². The fourth-order valence-corrected chi connectivity index (χ4v) is 3.10. The molecule has 0 aliphatic carbocycles. The van der Waals surface area contributed by atoms with Crippen LogP contribution in [-0.2, 0) is 4.74 Å². The number of thiophene rings is 1. The van der Waals surface area contributed by atoms with Crippen molar-refractivity contribution in [3.8, 4) is 11.5 Å². The maximum atomic E-state index is 12.2. The Bertz CT molecular complexity index is 733. The number of aryl methyl sites for hydroxylation is 2. The van der Waals surface area contributed by atoms with Crippen LogP contribution < -0.4 is 9.47 Å². The zero-order valence-corrected chi connectivity index (χ0v) is 14.3. The van der Waals surface area contributed by atoms with Crippen molar-refractivity contribution in [3.63, 3.8) is 0 Å². The van der Waals surface area contributed by atoms with Crippen LogP contribution in [0, 0.1) is 13.8 Å². The molecule has 1 aromatic heterocycles. The fraction of sp³-hybridized carbons (Fsp3) is 0.294. The molecule has 0 N–H and O–H groups in total. The molecular formula is C17H18O5S. The van der Waals surface area contributed by atoms with E-state index in [1.807, 2.05) is 19.9 Å². The number of carbonyl (C=O) groups is 2. The van der Waals surface area contributed by atoms with E-state index in [0.717, 1.165) is 9.75 Å². The Hall–Kier alpha value is -2.34. The normalized spacial score (nSPS) is 10.3. The first-order valence-corrected chi connectivity index (χ1v) is 7.77. The average molecular weight is 334 g/mol. The van der Waals surface area contributed by atoms with Crippen molar-refractivity contribution in [2.45, 2.75) is 13.8 Å². The third-order valence-corrected chi connectivity index (χ3v) is 4.25. The molecule has 0 spiro atoms. The highest BCUT2D eigenvalue weighted by molar-refractivity contribution is 7.12. The zero-order valence-electron chi connectivity index (χ0n) is 13.5. The lowest BCUT2D eigenvalue weighted by Crippen LogP contribution is -2.12. The molecule has 0 radical (unpaired) electrons. The van der Waals surface area contributed by atoms with Crippen molar-refractivity contribution in [2.75, 3.05) is 20.8 Å². The van der Waals surface area contributed by atoms with Crippen LogP contribution in [0.25, 0.3) is 0 Å². The van der Waals surface area contributed by atoms with Gasteiger partial charge >= 0.3 is 5.97 Å². The maximum absolute atomic E-state index is 12.2. The van der Waals surface area contributed by atoms with Gasteiger partial charge in [0.1, 0.15) is 0 Å². The number of esters is 1. The highest BCUT2D eigenvalue weighted by Crippen LogP contribution is 2.29. The molecule has 0 atom stereocenters. The van der Waals surface area contributed by atoms with Gasteiger partial charge in [0.15, 0.2) is 18.1 Å². The first kappa shape index (κ1) is 17.0. The number of ketones is 1. The monoisotopic (exact) mass is 334 g/mol. The Balaban J connectivity index is 2.12. The summed E-state index contributed by atoms with van der Waals surface area (Å²) in [5, 5.41) is 0. The SMILES string of the molecule is COC(=O)c1ccc(OCC(=O)c2cc(C)sc2C)c(OC)c1. The van der Waals surface area contributed by atoms with Crippen molar-refractivity contribution in [3.05, 3.63) is 45.1 Å². The van der Waals surface area contributed by atoms with E-state index in [-0.39, 0.29) is 12.4 Å². The minimum Gasteiger partial charge on any atom is -0.493 e. The molecule has 122 valence electrons.